The summed E-state index contributed by atoms with van der Waals surface area (Å²) in [5.74, 6) is -0.258. The molecule has 0 atom stereocenters. The van der Waals surface area contributed by atoms with Gasteiger partial charge in [0.15, 0.2) is 0 Å². The van der Waals surface area contributed by atoms with Gasteiger partial charge in [0.1, 0.15) is 5.82 Å². The number of H-pyrrole nitrogens is 1. The van der Waals surface area contributed by atoms with E-state index in [1.54, 1.807) is 12.3 Å². The number of hydrogen-bond acceptors (Lipinski definition) is 1. The van der Waals surface area contributed by atoms with E-state index in [2.05, 4.69) is 17.2 Å². The third kappa shape index (κ3) is 3.56. The summed E-state index contributed by atoms with van der Waals surface area (Å²) in [5, 5.41) is 3.81. The number of aromatic nitrogens is 1. The molecule has 102 valence electrons. The van der Waals surface area contributed by atoms with Gasteiger partial charge in [-0.05, 0) is 30.2 Å². The summed E-state index contributed by atoms with van der Waals surface area (Å²) < 4.78 is 13.0. The second kappa shape index (κ2) is 6.36. The fourth-order valence-electron chi connectivity index (χ4n) is 2.14. The standard InChI is InChI=1S/C15H19FN2O/c1-2-3-4-7-17-15(19)8-11-10-18-14-9-12(16)5-6-13(11)14/h5-6,9-10,18H,2-4,7-8H2,1H3,(H,17,19). The molecule has 0 unspecified atom stereocenters. The number of nitrogens with one attached hydrogen (secondary N) is 2. The van der Waals surface area contributed by atoms with Gasteiger partial charge >= 0.3 is 0 Å². The molecule has 2 rings (SSSR count). The van der Waals surface area contributed by atoms with E-state index in [9.17, 15) is 9.18 Å². The summed E-state index contributed by atoms with van der Waals surface area (Å²) in [6.45, 7) is 2.86. The predicted molar refractivity (Wildman–Crippen MR) is 74.5 cm³/mol. The van der Waals surface area contributed by atoms with Crippen LogP contribution in [0.5, 0.6) is 0 Å². The molecule has 1 aromatic heterocycles. The van der Waals surface area contributed by atoms with Crippen LogP contribution in [0.1, 0.15) is 31.7 Å². The smallest absolute Gasteiger partial charge is 0.224 e. The first-order chi connectivity index (χ1) is 9.20. The van der Waals surface area contributed by atoms with Crippen molar-refractivity contribution in [3.63, 3.8) is 0 Å². The first kappa shape index (κ1) is 13.6. The molecule has 4 heteroatoms. The summed E-state index contributed by atoms with van der Waals surface area (Å²) in [4.78, 5) is 14.8. The summed E-state index contributed by atoms with van der Waals surface area (Å²) in [7, 11) is 0. The molecule has 1 amide bonds. The predicted octanol–water partition coefficient (Wildman–Crippen LogP) is 3.16. The average molecular weight is 262 g/mol. The molecule has 2 N–H and O–H groups in total. The zero-order valence-corrected chi connectivity index (χ0v) is 11.1. The molecule has 0 aliphatic rings. The van der Waals surface area contributed by atoms with Crippen molar-refractivity contribution in [3.8, 4) is 0 Å². The molecule has 0 bridgehead atoms. The van der Waals surface area contributed by atoms with E-state index in [-0.39, 0.29) is 11.7 Å². The van der Waals surface area contributed by atoms with Crippen molar-refractivity contribution in [3.05, 3.63) is 35.8 Å². The number of carbonyl (C=O) groups is 1. The lowest BCUT2D eigenvalue weighted by molar-refractivity contribution is -0.120. The molecule has 1 aromatic carbocycles. The van der Waals surface area contributed by atoms with Gasteiger partial charge in [-0.3, -0.25) is 4.79 Å². The zero-order chi connectivity index (χ0) is 13.7. The van der Waals surface area contributed by atoms with Crippen LogP contribution < -0.4 is 5.32 Å². The number of unbranched alkanes of at least 4 members (excludes halogenated alkanes) is 2. The van der Waals surface area contributed by atoms with Gasteiger partial charge in [0.25, 0.3) is 0 Å². The maximum Gasteiger partial charge on any atom is 0.224 e. The van der Waals surface area contributed by atoms with Crippen molar-refractivity contribution in [1.29, 1.82) is 0 Å². The Hall–Kier alpha value is -1.84. The fourth-order valence-corrected chi connectivity index (χ4v) is 2.14. The summed E-state index contributed by atoms with van der Waals surface area (Å²) in [6, 6.07) is 4.57. The maximum absolute atomic E-state index is 13.0. The lowest BCUT2D eigenvalue weighted by Gasteiger charge is -2.04. The number of aromatic amines is 1. The zero-order valence-electron chi connectivity index (χ0n) is 11.1. The highest BCUT2D eigenvalue weighted by Crippen LogP contribution is 2.19. The molecule has 0 aliphatic carbocycles. The van der Waals surface area contributed by atoms with Crippen LogP contribution >= 0.6 is 0 Å². The largest absolute Gasteiger partial charge is 0.361 e. The van der Waals surface area contributed by atoms with Gasteiger partial charge < -0.3 is 10.3 Å². The van der Waals surface area contributed by atoms with Crippen molar-refractivity contribution in [2.45, 2.75) is 32.6 Å². The van der Waals surface area contributed by atoms with Gasteiger partial charge in [0.05, 0.1) is 6.42 Å². The average Bonchev–Trinajstić information content (AvgIpc) is 2.77. The quantitative estimate of drug-likeness (QED) is 0.772. The minimum atomic E-state index is -0.273. The normalized spacial score (nSPS) is 10.8. The summed E-state index contributed by atoms with van der Waals surface area (Å²) in [5.41, 5.74) is 1.64. The van der Waals surface area contributed by atoms with E-state index >= 15 is 0 Å². The van der Waals surface area contributed by atoms with Gasteiger partial charge in [-0.25, -0.2) is 4.39 Å². The molecule has 0 radical (unpaired) electrons. The monoisotopic (exact) mass is 262 g/mol. The number of fused-ring (bicyclic) bond motifs is 1. The van der Waals surface area contributed by atoms with Gasteiger partial charge in [-0.2, -0.15) is 0 Å². The third-order valence-electron chi connectivity index (χ3n) is 3.18. The molecule has 0 fully saturated rings. The molecule has 3 nitrogen and oxygen atoms in total. The minimum absolute atomic E-state index is 0.0151. The molecule has 0 saturated heterocycles. The first-order valence-electron chi connectivity index (χ1n) is 6.73. The van der Waals surface area contributed by atoms with Crippen molar-refractivity contribution < 1.29 is 9.18 Å². The van der Waals surface area contributed by atoms with E-state index in [0.29, 0.717) is 6.42 Å². The lowest BCUT2D eigenvalue weighted by Crippen LogP contribution is -2.25. The van der Waals surface area contributed by atoms with Crippen LogP contribution in [-0.2, 0) is 11.2 Å². The van der Waals surface area contributed by atoms with Gasteiger partial charge in [0.2, 0.25) is 5.91 Å². The molecule has 19 heavy (non-hydrogen) atoms. The number of carbonyl (C=O) groups excluding carboxylic acids is 1. The number of rotatable bonds is 6. The Morgan fingerprint density at radius 3 is 3.00 bits per heavy atom. The Morgan fingerprint density at radius 2 is 2.21 bits per heavy atom. The first-order valence-corrected chi connectivity index (χ1v) is 6.73. The van der Waals surface area contributed by atoms with Crippen molar-refractivity contribution in [2.75, 3.05) is 6.54 Å². The third-order valence-corrected chi connectivity index (χ3v) is 3.18. The number of amides is 1. The van der Waals surface area contributed by atoms with Crippen LogP contribution in [0.15, 0.2) is 24.4 Å². The number of benzene rings is 1. The van der Waals surface area contributed by atoms with Gasteiger partial charge in [0, 0.05) is 23.6 Å². The topological polar surface area (TPSA) is 44.9 Å². The van der Waals surface area contributed by atoms with Crippen LogP contribution in [0.25, 0.3) is 10.9 Å². The Labute approximate surface area is 112 Å². The highest BCUT2D eigenvalue weighted by molar-refractivity contribution is 5.88. The molecular formula is C15H19FN2O. The lowest BCUT2D eigenvalue weighted by atomic mass is 10.1. The second-order valence-electron chi connectivity index (χ2n) is 4.74. The highest BCUT2D eigenvalue weighted by Gasteiger charge is 2.08. The molecular weight excluding hydrogens is 243 g/mol. The van der Waals surface area contributed by atoms with Crippen LogP contribution in [0, 0.1) is 5.82 Å². The highest BCUT2D eigenvalue weighted by atomic mass is 19.1. The van der Waals surface area contributed by atoms with Crippen molar-refractivity contribution in [2.24, 2.45) is 0 Å². The van der Waals surface area contributed by atoms with E-state index in [4.69, 9.17) is 0 Å². The Balaban J connectivity index is 1.95. The van der Waals surface area contributed by atoms with Gasteiger partial charge in [-0.1, -0.05) is 19.8 Å². The van der Waals surface area contributed by atoms with Crippen molar-refractivity contribution >= 4 is 16.8 Å². The maximum atomic E-state index is 13.0. The van der Waals surface area contributed by atoms with Crippen LogP contribution in [0.2, 0.25) is 0 Å². The summed E-state index contributed by atoms with van der Waals surface area (Å²) >= 11 is 0. The molecule has 1 heterocycles. The van der Waals surface area contributed by atoms with E-state index in [0.717, 1.165) is 42.3 Å². The van der Waals surface area contributed by atoms with E-state index < -0.39 is 0 Å². The Bertz CT molecular complexity index is 562. The second-order valence-corrected chi connectivity index (χ2v) is 4.74. The van der Waals surface area contributed by atoms with Crippen molar-refractivity contribution in [1.82, 2.24) is 10.3 Å². The minimum Gasteiger partial charge on any atom is -0.361 e. The van der Waals surface area contributed by atoms with Gasteiger partial charge in [-0.15, -0.1) is 0 Å². The van der Waals surface area contributed by atoms with E-state index in [1.807, 2.05) is 0 Å². The molecule has 0 aliphatic heterocycles. The Morgan fingerprint density at radius 1 is 1.37 bits per heavy atom. The van der Waals surface area contributed by atoms with Crippen LogP contribution in [0.3, 0.4) is 0 Å². The van der Waals surface area contributed by atoms with Crippen LogP contribution in [0.4, 0.5) is 4.39 Å². The molecule has 0 saturated carbocycles. The number of hydrogen-bond donors (Lipinski definition) is 2. The fraction of sp³-hybridized carbons (Fsp3) is 0.400. The van der Waals surface area contributed by atoms with Crippen LogP contribution in [-0.4, -0.2) is 17.4 Å². The van der Waals surface area contributed by atoms with E-state index in [1.165, 1.54) is 12.1 Å². The molecule has 2 aromatic rings. The Kier molecular flexibility index (Phi) is 4.55. The molecule has 0 spiro atoms. The summed E-state index contributed by atoms with van der Waals surface area (Å²) in [6.07, 6.45) is 5.39. The number of halogens is 1. The SMILES string of the molecule is CCCCCNC(=O)Cc1c[nH]c2cc(F)ccc12.